The molecular formula is C14H22O. The highest BCUT2D eigenvalue weighted by Crippen LogP contribution is 2.15. The van der Waals surface area contributed by atoms with Gasteiger partial charge in [0.1, 0.15) is 0 Å². The van der Waals surface area contributed by atoms with Crippen LogP contribution in [0.15, 0.2) is 18.2 Å². The Balaban J connectivity index is 2.58. The van der Waals surface area contributed by atoms with E-state index in [1.54, 1.807) is 0 Å². The van der Waals surface area contributed by atoms with E-state index in [1.807, 2.05) is 0 Å². The topological polar surface area (TPSA) is 20.2 Å². The molecule has 1 nitrogen and oxygen atoms in total. The molecule has 1 unspecified atom stereocenters. The van der Waals surface area contributed by atoms with Gasteiger partial charge in [-0.15, -0.1) is 0 Å². The Kier molecular flexibility index (Phi) is 4.34. The first-order valence-corrected chi connectivity index (χ1v) is 5.75. The first-order valence-electron chi connectivity index (χ1n) is 5.75. The van der Waals surface area contributed by atoms with E-state index in [9.17, 15) is 5.11 Å². The molecule has 84 valence electrons. The number of aliphatic hydroxyl groups is 1. The number of benzene rings is 1. The molecule has 0 aliphatic heterocycles. The van der Waals surface area contributed by atoms with Crippen molar-refractivity contribution in [1.29, 1.82) is 0 Å². The maximum Gasteiger partial charge on any atom is 0.0566 e. The van der Waals surface area contributed by atoms with E-state index >= 15 is 0 Å². The highest BCUT2D eigenvalue weighted by molar-refractivity contribution is 5.30. The standard InChI is InChI=1S/C14H22O/c1-10(2)14(15)8-7-13-6-5-11(3)9-12(13)4/h5-6,9-10,14-15H,7-8H2,1-4H3. The molecule has 1 aromatic carbocycles. The van der Waals surface area contributed by atoms with E-state index < -0.39 is 0 Å². The van der Waals surface area contributed by atoms with Gasteiger partial charge in [0.05, 0.1) is 6.10 Å². The minimum atomic E-state index is -0.175. The summed E-state index contributed by atoms with van der Waals surface area (Å²) in [4.78, 5) is 0. The molecule has 0 amide bonds. The van der Waals surface area contributed by atoms with Crippen LogP contribution in [0.3, 0.4) is 0 Å². The van der Waals surface area contributed by atoms with Crippen LogP contribution < -0.4 is 0 Å². The molecule has 0 bridgehead atoms. The van der Waals surface area contributed by atoms with Crippen molar-refractivity contribution in [1.82, 2.24) is 0 Å². The second-order valence-corrected chi connectivity index (χ2v) is 4.78. The van der Waals surface area contributed by atoms with Crippen molar-refractivity contribution in [3.05, 3.63) is 34.9 Å². The Hall–Kier alpha value is -0.820. The molecule has 0 saturated heterocycles. The molecular weight excluding hydrogens is 184 g/mol. The largest absolute Gasteiger partial charge is 0.393 e. The second-order valence-electron chi connectivity index (χ2n) is 4.78. The van der Waals surface area contributed by atoms with Gasteiger partial charge in [-0.25, -0.2) is 0 Å². The normalized spacial score (nSPS) is 13.2. The van der Waals surface area contributed by atoms with Crippen LogP contribution in [0.5, 0.6) is 0 Å². The van der Waals surface area contributed by atoms with Gasteiger partial charge in [-0.05, 0) is 43.7 Å². The van der Waals surface area contributed by atoms with Gasteiger partial charge in [0.15, 0.2) is 0 Å². The number of hydrogen-bond donors (Lipinski definition) is 1. The monoisotopic (exact) mass is 206 g/mol. The van der Waals surface area contributed by atoms with E-state index in [1.165, 1.54) is 16.7 Å². The molecule has 0 spiro atoms. The molecule has 0 aromatic heterocycles. The van der Waals surface area contributed by atoms with E-state index in [0.717, 1.165) is 12.8 Å². The van der Waals surface area contributed by atoms with Crippen LogP contribution in [0.1, 0.15) is 37.0 Å². The summed E-state index contributed by atoms with van der Waals surface area (Å²) in [6, 6.07) is 6.53. The zero-order valence-corrected chi connectivity index (χ0v) is 10.2. The predicted octanol–water partition coefficient (Wildman–Crippen LogP) is 3.25. The summed E-state index contributed by atoms with van der Waals surface area (Å²) in [5, 5.41) is 9.73. The average molecular weight is 206 g/mol. The predicted molar refractivity (Wildman–Crippen MR) is 65.1 cm³/mol. The molecule has 0 heterocycles. The van der Waals surface area contributed by atoms with Crippen LogP contribution in [0.25, 0.3) is 0 Å². The molecule has 1 heteroatoms. The van der Waals surface area contributed by atoms with Crippen molar-refractivity contribution in [2.75, 3.05) is 0 Å². The summed E-state index contributed by atoms with van der Waals surface area (Å²) in [5.41, 5.74) is 4.01. The average Bonchev–Trinajstić information content (AvgIpc) is 2.15. The number of hydrogen-bond acceptors (Lipinski definition) is 1. The molecule has 1 atom stereocenters. The van der Waals surface area contributed by atoms with E-state index in [0.29, 0.717) is 5.92 Å². The third-order valence-electron chi connectivity index (χ3n) is 2.98. The van der Waals surface area contributed by atoms with Crippen LogP contribution in [-0.4, -0.2) is 11.2 Å². The SMILES string of the molecule is Cc1ccc(CCC(O)C(C)C)c(C)c1. The lowest BCUT2D eigenvalue weighted by Gasteiger charge is -2.15. The minimum absolute atomic E-state index is 0.175. The summed E-state index contributed by atoms with van der Waals surface area (Å²) < 4.78 is 0. The summed E-state index contributed by atoms with van der Waals surface area (Å²) >= 11 is 0. The van der Waals surface area contributed by atoms with E-state index in [-0.39, 0.29) is 6.10 Å². The number of rotatable bonds is 4. The first kappa shape index (κ1) is 12.3. The highest BCUT2D eigenvalue weighted by atomic mass is 16.3. The fourth-order valence-corrected chi connectivity index (χ4v) is 1.76. The Bertz CT molecular complexity index is 315. The number of aryl methyl sites for hydroxylation is 3. The molecule has 1 N–H and O–H groups in total. The molecule has 0 radical (unpaired) electrons. The summed E-state index contributed by atoms with van der Waals surface area (Å²) in [5.74, 6) is 0.357. The quantitative estimate of drug-likeness (QED) is 0.801. The van der Waals surface area contributed by atoms with Gasteiger partial charge in [-0.3, -0.25) is 0 Å². The van der Waals surface area contributed by atoms with Crippen molar-refractivity contribution >= 4 is 0 Å². The molecule has 0 saturated carbocycles. The minimum Gasteiger partial charge on any atom is -0.393 e. The van der Waals surface area contributed by atoms with Crippen molar-refractivity contribution in [2.24, 2.45) is 5.92 Å². The summed E-state index contributed by atoms with van der Waals surface area (Å²) in [7, 11) is 0. The smallest absolute Gasteiger partial charge is 0.0566 e. The fraction of sp³-hybridized carbons (Fsp3) is 0.571. The second kappa shape index (κ2) is 5.32. The Morgan fingerprint density at radius 3 is 2.40 bits per heavy atom. The van der Waals surface area contributed by atoms with Gasteiger partial charge < -0.3 is 5.11 Å². The lowest BCUT2D eigenvalue weighted by molar-refractivity contribution is 0.116. The lowest BCUT2D eigenvalue weighted by Crippen LogP contribution is -2.15. The van der Waals surface area contributed by atoms with E-state index in [4.69, 9.17) is 0 Å². The van der Waals surface area contributed by atoms with Crippen LogP contribution in [-0.2, 0) is 6.42 Å². The molecule has 1 rings (SSSR count). The Labute approximate surface area is 93.1 Å². The third kappa shape index (κ3) is 3.67. The molecule has 15 heavy (non-hydrogen) atoms. The van der Waals surface area contributed by atoms with Crippen molar-refractivity contribution in [3.8, 4) is 0 Å². The molecule has 0 fully saturated rings. The highest BCUT2D eigenvalue weighted by Gasteiger charge is 2.09. The third-order valence-corrected chi connectivity index (χ3v) is 2.98. The van der Waals surface area contributed by atoms with Crippen molar-refractivity contribution in [2.45, 2.75) is 46.6 Å². The first-order chi connectivity index (χ1) is 7.00. The van der Waals surface area contributed by atoms with Gasteiger partial charge in [0, 0.05) is 0 Å². The molecule has 1 aromatic rings. The summed E-state index contributed by atoms with van der Waals surface area (Å²) in [6.45, 7) is 8.38. The fourth-order valence-electron chi connectivity index (χ4n) is 1.76. The van der Waals surface area contributed by atoms with Crippen LogP contribution in [0, 0.1) is 19.8 Å². The Morgan fingerprint density at radius 1 is 1.20 bits per heavy atom. The van der Waals surface area contributed by atoms with Crippen LogP contribution in [0.4, 0.5) is 0 Å². The zero-order chi connectivity index (χ0) is 11.4. The number of aliphatic hydroxyl groups excluding tert-OH is 1. The Morgan fingerprint density at radius 2 is 1.87 bits per heavy atom. The maximum atomic E-state index is 9.73. The van der Waals surface area contributed by atoms with Gasteiger partial charge in [0.25, 0.3) is 0 Å². The van der Waals surface area contributed by atoms with Gasteiger partial charge >= 0.3 is 0 Å². The van der Waals surface area contributed by atoms with Crippen LogP contribution >= 0.6 is 0 Å². The van der Waals surface area contributed by atoms with E-state index in [2.05, 4.69) is 45.9 Å². The maximum absolute atomic E-state index is 9.73. The van der Waals surface area contributed by atoms with Crippen molar-refractivity contribution < 1.29 is 5.11 Å². The molecule has 0 aliphatic carbocycles. The zero-order valence-electron chi connectivity index (χ0n) is 10.2. The summed E-state index contributed by atoms with van der Waals surface area (Å²) in [6.07, 6.45) is 1.67. The van der Waals surface area contributed by atoms with Crippen molar-refractivity contribution in [3.63, 3.8) is 0 Å². The molecule has 0 aliphatic rings. The van der Waals surface area contributed by atoms with Gasteiger partial charge in [-0.2, -0.15) is 0 Å². The lowest BCUT2D eigenvalue weighted by atomic mass is 9.96. The van der Waals surface area contributed by atoms with Crippen LogP contribution in [0.2, 0.25) is 0 Å². The van der Waals surface area contributed by atoms with Gasteiger partial charge in [-0.1, -0.05) is 37.6 Å². The van der Waals surface area contributed by atoms with Gasteiger partial charge in [0.2, 0.25) is 0 Å².